The summed E-state index contributed by atoms with van der Waals surface area (Å²) in [5.74, 6) is 0.714. The molecule has 0 aliphatic carbocycles. The van der Waals surface area contributed by atoms with Crippen LogP contribution in [0.1, 0.15) is 43.0 Å². The molecule has 2 aromatic carbocycles. The maximum atomic E-state index is 12.7. The number of nitrogens with zero attached hydrogens (tertiary/aromatic N) is 1. The van der Waals surface area contributed by atoms with Gasteiger partial charge in [-0.3, -0.25) is 4.79 Å². The van der Waals surface area contributed by atoms with Crippen molar-refractivity contribution in [3.8, 4) is 5.75 Å². The van der Waals surface area contributed by atoms with E-state index in [0.29, 0.717) is 6.54 Å². The van der Waals surface area contributed by atoms with Gasteiger partial charge in [-0.2, -0.15) is 0 Å². The van der Waals surface area contributed by atoms with Crippen LogP contribution in [-0.2, 0) is 11.3 Å². The zero-order chi connectivity index (χ0) is 17.3. The first kappa shape index (κ1) is 16.5. The topological polar surface area (TPSA) is 55.6 Å². The highest BCUT2D eigenvalue weighted by Gasteiger charge is 2.31. The number of hydrogen-bond acceptors (Lipinski definition) is 3. The lowest BCUT2D eigenvalue weighted by atomic mass is 10.0. The molecule has 0 aromatic heterocycles. The fourth-order valence-electron chi connectivity index (χ4n) is 2.93. The van der Waals surface area contributed by atoms with E-state index in [4.69, 9.17) is 10.5 Å². The van der Waals surface area contributed by atoms with E-state index < -0.39 is 6.10 Å². The Balaban J connectivity index is 1.98. The number of rotatable bonds is 4. The number of aryl methyl sites for hydroxylation is 1. The van der Waals surface area contributed by atoms with Crippen LogP contribution in [0.4, 0.5) is 5.69 Å². The Bertz CT molecular complexity index is 740. The summed E-state index contributed by atoms with van der Waals surface area (Å²) in [4.78, 5) is 14.5. The summed E-state index contributed by atoms with van der Waals surface area (Å²) in [6.07, 6.45) is 0.371. The van der Waals surface area contributed by atoms with E-state index >= 15 is 0 Å². The summed E-state index contributed by atoms with van der Waals surface area (Å²) >= 11 is 0. The molecule has 0 spiro atoms. The molecule has 2 atom stereocenters. The number of nitrogens with two attached hydrogens (primary N) is 1. The maximum absolute atomic E-state index is 12.7. The number of fused-ring (bicyclic) bond motifs is 1. The average Bonchev–Trinajstić information content (AvgIpc) is 2.59. The Kier molecular flexibility index (Phi) is 4.58. The summed E-state index contributed by atoms with van der Waals surface area (Å²) in [5.41, 5.74) is 10.3. The fourth-order valence-corrected chi connectivity index (χ4v) is 2.93. The third-order valence-corrected chi connectivity index (χ3v) is 4.52. The minimum atomic E-state index is -0.478. The fraction of sp³-hybridized carbons (Fsp3) is 0.350. The third kappa shape index (κ3) is 3.15. The van der Waals surface area contributed by atoms with Gasteiger partial charge in [-0.25, -0.2) is 0 Å². The molecule has 126 valence electrons. The van der Waals surface area contributed by atoms with E-state index in [9.17, 15) is 4.79 Å². The van der Waals surface area contributed by atoms with Crippen LogP contribution in [0, 0.1) is 6.92 Å². The number of carbonyl (C=O) groups excluding carboxylic acids is 1. The molecule has 1 heterocycles. The Morgan fingerprint density at radius 2 is 1.92 bits per heavy atom. The van der Waals surface area contributed by atoms with Gasteiger partial charge in [0.2, 0.25) is 0 Å². The number of amides is 1. The van der Waals surface area contributed by atoms with Gasteiger partial charge in [0.1, 0.15) is 5.75 Å². The average molecular weight is 324 g/mol. The van der Waals surface area contributed by atoms with Crippen LogP contribution < -0.4 is 15.4 Å². The Morgan fingerprint density at radius 1 is 1.21 bits per heavy atom. The second-order valence-corrected chi connectivity index (χ2v) is 6.41. The Hall–Kier alpha value is -2.33. The normalized spacial score (nSPS) is 18.1. The summed E-state index contributed by atoms with van der Waals surface area (Å²) in [7, 11) is 0. The van der Waals surface area contributed by atoms with Crippen molar-refractivity contribution in [1.29, 1.82) is 0 Å². The summed E-state index contributed by atoms with van der Waals surface area (Å²) < 4.78 is 5.77. The van der Waals surface area contributed by atoms with Crippen LogP contribution in [-0.4, -0.2) is 12.0 Å². The SMILES string of the molecule is CCC(N)c1ccc2c(c1)N(Cc1ccc(C)cc1)C(=O)C(C)O2. The number of hydrogen-bond donors (Lipinski definition) is 1. The van der Waals surface area contributed by atoms with Crippen molar-refractivity contribution in [3.05, 3.63) is 59.2 Å². The van der Waals surface area contributed by atoms with E-state index in [-0.39, 0.29) is 11.9 Å². The van der Waals surface area contributed by atoms with Gasteiger partial charge in [0.15, 0.2) is 6.10 Å². The molecule has 1 aliphatic rings. The second-order valence-electron chi connectivity index (χ2n) is 6.41. The summed E-state index contributed by atoms with van der Waals surface area (Å²) in [6, 6.07) is 14.1. The highest BCUT2D eigenvalue weighted by molar-refractivity contribution is 5.99. The van der Waals surface area contributed by atoms with Gasteiger partial charge in [0, 0.05) is 6.04 Å². The van der Waals surface area contributed by atoms with Gasteiger partial charge < -0.3 is 15.4 Å². The van der Waals surface area contributed by atoms with Gasteiger partial charge in [0.05, 0.1) is 12.2 Å². The lowest BCUT2D eigenvalue weighted by Gasteiger charge is -2.33. The number of ether oxygens (including phenoxy) is 1. The molecule has 0 saturated heterocycles. The van der Waals surface area contributed by atoms with Crippen LogP contribution in [0.5, 0.6) is 5.75 Å². The van der Waals surface area contributed by atoms with E-state index in [0.717, 1.165) is 29.0 Å². The lowest BCUT2D eigenvalue weighted by Crippen LogP contribution is -2.44. The molecule has 3 rings (SSSR count). The molecular weight excluding hydrogens is 300 g/mol. The van der Waals surface area contributed by atoms with E-state index in [1.807, 2.05) is 18.2 Å². The lowest BCUT2D eigenvalue weighted by molar-refractivity contribution is -0.125. The molecule has 1 aliphatic heterocycles. The van der Waals surface area contributed by atoms with Crippen LogP contribution >= 0.6 is 0 Å². The molecule has 4 nitrogen and oxygen atoms in total. The molecule has 2 N–H and O–H groups in total. The highest BCUT2D eigenvalue weighted by atomic mass is 16.5. The quantitative estimate of drug-likeness (QED) is 0.932. The monoisotopic (exact) mass is 324 g/mol. The van der Waals surface area contributed by atoms with Crippen molar-refractivity contribution >= 4 is 11.6 Å². The summed E-state index contributed by atoms with van der Waals surface area (Å²) in [6.45, 7) is 6.43. The Labute approximate surface area is 143 Å². The Morgan fingerprint density at radius 3 is 2.58 bits per heavy atom. The van der Waals surface area contributed by atoms with E-state index in [2.05, 4.69) is 38.1 Å². The first-order valence-electron chi connectivity index (χ1n) is 8.42. The predicted octanol–water partition coefficient (Wildman–Crippen LogP) is 3.72. The van der Waals surface area contributed by atoms with Crippen molar-refractivity contribution in [2.45, 2.75) is 45.9 Å². The minimum absolute atomic E-state index is 0.0229. The smallest absolute Gasteiger partial charge is 0.268 e. The van der Waals surface area contributed by atoms with Gasteiger partial charge >= 0.3 is 0 Å². The number of benzene rings is 2. The standard InChI is InChI=1S/C20H24N2O2/c1-4-17(21)16-9-10-19-18(11-16)22(20(23)14(3)24-19)12-15-7-5-13(2)6-8-15/h5-11,14,17H,4,12,21H2,1-3H3. The van der Waals surface area contributed by atoms with Crippen LogP contribution in [0.15, 0.2) is 42.5 Å². The van der Waals surface area contributed by atoms with Gasteiger partial charge in [-0.15, -0.1) is 0 Å². The minimum Gasteiger partial charge on any atom is -0.479 e. The molecule has 0 bridgehead atoms. The highest BCUT2D eigenvalue weighted by Crippen LogP contribution is 2.37. The van der Waals surface area contributed by atoms with Gasteiger partial charge in [-0.05, 0) is 43.5 Å². The molecular formula is C20H24N2O2. The van der Waals surface area contributed by atoms with E-state index in [1.54, 1.807) is 11.8 Å². The zero-order valence-corrected chi connectivity index (χ0v) is 14.5. The van der Waals surface area contributed by atoms with Crippen molar-refractivity contribution in [3.63, 3.8) is 0 Å². The number of carbonyl (C=O) groups is 1. The molecule has 2 aromatic rings. The van der Waals surface area contributed by atoms with E-state index in [1.165, 1.54) is 5.56 Å². The van der Waals surface area contributed by atoms with Crippen LogP contribution in [0.3, 0.4) is 0 Å². The predicted molar refractivity (Wildman–Crippen MR) is 96.1 cm³/mol. The number of anilines is 1. The molecule has 4 heteroatoms. The summed E-state index contributed by atoms with van der Waals surface area (Å²) in [5, 5.41) is 0. The molecule has 0 radical (unpaired) electrons. The molecule has 0 saturated carbocycles. The van der Waals surface area contributed by atoms with Crippen molar-refractivity contribution in [2.75, 3.05) is 4.90 Å². The molecule has 1 amide bonds. The zero-order valence-electron chi connectivity index (χ0n) is 14.5. The molecule has 0 fully saturated rings. The third-order valence-electron chi connectivity index (χ3n) is 4.52. The van der Waals surface area contributed by atoms with Crippen molar-refractivity contribution < 1.29 is 9.53 Å². The molecule has 2 unspecified atom stereocenters. The first-order valence-corrected chi connectivity index (χ1v) is 8.42. The van der Waals surface area contributed by atoms with Gasteiger partial charge in [0.25, 0.3) is 5.91 Å². The van der Waals surface area contributed by atoms with Crippen molar-refractivity contribution in [1.82, 2.24) is 0 Å². The first-order chi connectivity index (χ1) is 11.5. The largest absolute Gasteiger partial charge is 0.479 e. The second kappa shape index (κ2) is 6.65. The van der Waals surface area contributed by atoms with Crippen LogP contribution in [0.2, 0.25) is 0 Å². The molecule has 24 heavy (non-hydrogen) atoms. The maximum Gasteiger partial charge on any atom is 0.268 e. The van der Waals surface area contributed by atoms with Gasteiger partial charge in [-0.1, -0.05) is 42.8 Å². The van der Waals surface area contributed by atoms with Crippen LogP contribution in [0.25, 0.3) is 0 Å². The van der Waals surface area contributed by atoms with Crippen molar-refractivity contribution in [2.24, 2.45) is 5.73 Å².